The zero-order valence-corrected chi connectivity index (χ0v) is 11.2. The highest BCUT2D eigenvalue weighted by Crippen LogP contribution is 2.32. The van der Waals surface area contributed by atoms with Crippen molar-refractivity contribution in [1.82, 2.24) is 10.5 Å². The first-order valence-corrected chi connectivity index (χ1v) is 6.42. The predicted molar refractivity (Wildman–Crippen MR) is 67.9 cm³/mol. The van der Waals surface area contributed by atoms with Gasteiger partial charge in [-0.3, -0.25) is 4.79 Å². The quantitative estimate of drug-likeness (QED) is 0.854. The maximum atomic E-state index is 11.9. The lowest BCUT2D eigenvalue weighted by Crippen LogP contribution is -2.50. The van der Waals surface area contributed by atoms with Gasteiger partial charge in [0.25, 0.3) is 0 Å². The summed E-state index contributed by atoms with van der Waals surface area (Å²) in [5.41, 5.74) is 7.58. The largest absolute Gasteiger partial charge is 0.361 e. The van der Waals surface area contributed by atoms with Crippen LogP contribution >= 0.6 is 0 Å². The number of nitrogens with one attached hydrogen (secondary N) is 1. The molecule has 1 aliphatic carbocycles. The Morgan fingerprint density at radius 3 is 2.67 bits per heavy atom. The van der Waals surface area contributed by atoms with E-state index in [2.05, 4.69) is 10.5 Å². The molecule has 0 aromatic carbocycles. The van der Waals surface area contributed by atoms with Gasteiger partial charge in [0.2, 0.25) is 5.91 Å². The van der Waals surface area contributed by atoms with E-state index < -0.39 is 0 Å². The van der Waals surface area contributed by atoms with Crippen molar-refractivity contribution in [2.24, 2.45) is 5.73 Å². The zero-order chi connectivity index (χ0) is 13.3. The van der Waals surface area contributed by atoms with Crippen LogP contribution in [0.25, 0.3) is 0 Å². The average Bonchev–Trinajstić information content (AvgIpc) is 2.56. The Balaban J connectivity index is 1.95. The number of nitrogens with two attached hydrogens (primary N) is 1. The fourth-order valence-electron chi connectivity index (χ4n) is 2.60. The summed E-state index contributed by atoms with van der Waals surface area (Å²) in [6.07, 6.45) is 3.42. The molecule has 1 unspecified atom stereocenters. The maximum Gasteiger partial charge on any atom is 0.222 e. The summed E-state index contributed by atoms with van der Waals surface area (Å²) in [5.74, 6) is 0.760. The number of hydrogen-bond donors (Lipinski definition) is 2. The molecule has 2 rings (SSSR count). The molecule has 0 aliphatic heterocycles. The standard InChI is InChI=1S/C13H21N3O2/c1-8(12-9(2)16-18-10(12)3)15-11(17)7-13(14)5-4-6-13/h8H,4-7,14H2,1-3H3,(H,15,17). The summed E-state index contributed by atoms with van der Waals surface area (Å²) in [6.45, 7) is 5.67. The van der Waals surface area contributed by atoms with E-state index in [4.69, 9.17) is 10.3 Å². The van der Waals surface area contributed by atoms with Crippen LogP contribution in [0.4, 0.5) is 0 Å². The first kappa shape index (κ1) is 13.1. The lowest BCUT2D eigenvalue weighted by molar-refractivity contribution is -0.123. The molecular weight excluding hydrogens is 230 g/mol. The van der Waals surface area contributed by atoms with E-state index in [0.717, 1.165) is 36.3 Å². The van der Waals surface area contributed by atoms with E-state index in [1.807, 2.05) is 20.8 Å². The molecule has 1 aromatic rings. The molecule has 1 saturated carbocycles. The third-order valence-corrected chi connectivity index (χ3v) is 3.76. The van der Waals surface area contributed by atoms with Crippen LogP contribution in [0.1, 0.15) is 55.7 Å². The van der Waals surface area contributed by atoms with Gasteiger partial charge in [-0.15, -0.1) is 0 Å². The van der Waals surface area contributed by atoms with E-state index in [1.54, 1.807) is 0 Å². The van der Waals surface area contributed by atoms with Crippen molar-refractivity contribution >= 4 is 5.91 Å². The monoisotopic (exact) mass is 251 g/mol. The first-order chi connectivity index (χ1) is 8.41. The van der Waals surface area contributed by atoms with Crippen LogP contribution in [0.3, 0.4) is 0 Å². The van der Waals surface area contributed by atoms with Gasteiger partial charge in [0.05, 0.1) is 11.7 Å². The number of amides is 1. The van der Waals surface area contributed by atoms with Gasteiger partial charge in [0.1, 0.15) is 5.76 Å². The van der Waals surface area contributed by atoms with Gasteiger partial charge in [-0.05, 0) is 40.0 Å². The molecule has 0 saturated heterocycles. The summed E-state index contributed by atoms with van der Waals surface area (Å²) in [5, 5.41) is 6.86. The molecule has 5 heteroatoms. The smallest absolute Gasteiger partial charge is 0.222 e. The molecule has 0 spiro atoms. The van der Waals surface area contributed by atoms with Gasteiger partial charge < -0.3 is 15.6 Å². The predicted octanol–water partition coefficient (Wildman–Crippen LogP) is 1.74. The van der Waals surface area contributed by atoms with E-state index >= 15 is 0 Å². The Kier molecular flexibility index (Phi) is 3.43. The normalized spacial score (nSPS) is 19.1. The number of aryl methyl sites for hydroxylation is 2. The second-order valence-electron chi connectivity index (χ2n) is 5.42. The van der Waals surface area contributed by atoms with E-state index in [-0.39, 0.29) is 17.5 Å². The van der Waals surface area contributed by atoms with Crippen LogP contribution in [0.15, 0.2) is 4.52 Å². The van der Waals surface area contributed by atoms with Crippen molar-refractivity contribution in [2.45, 2.75) is 58.0 Å². The summed E-state index contributed by atoms with van der Waals surface area (Å²) in [7, 11) is 0. The molecule has 1 fully saturated rings. The van der Waals surface area contributed by atoms with Gasteiger partial charge in [-0.1, -0.05) is 5.16 Å². The van der Waals surface area contributed by atoms with Crippen LogP contribution in [-0.4, -0.2) is 16.6 Å². The minimum atomic E-state index is -0.275. The Morgan fingerprint density at radius 1 is 1.56 bits per heavy atom. The van der Waals surface area contributed by atoms with Crippen LogP contribution in [-0.2, 0) is 4.79 Å². The lowest BCUT2D eigenvalue weighted by Gasteiger charge is -2.37. The Labute approximate surface area is 107 Å². The molecule has 0 radical (unpaired) electrons. The molecule has 3 N–H and O–H groups in total. The lowest BCUT2D eigenvalue weighted by atomic mass is 9.75. The van der Waals surface area contributed by atoms with Crippen LogP contribution < -0.4 is 11.1 Å². The molecule has 1 atom stereocenters. The molecule has 1 aromatic heterocycles. The second kappa shape index (κ2) is 4.72. The van der Waals surface area contributed by atoms with Gasteiger partial charge in [-0.25, -0.2) is 0 Å². The van der Waals surface area contributed by atoms with Crippen molar-refractivity contribution in [3.63, 3.8) is 0 Å². The molecule has 18 heavy (non-hydrogen) atoms. The molecular formula is C13H21N3O2. The third-order valence-electron chi connectivity index (χ3n) is 3.76. The molecule has 0 bridgehead atoms. The fourth-order valence-corrected chi connectivity index (χ4v) is 2.60. The molecule has 5 nitrogen and oxygen atoms in total. The Bertz CT molecular complexity index is 430. The molecule has 1 aliphatic rings. The topological polar surface area (TPSA) is 81.2 Å². The van der Waals surface area contributed by atoms with Crippen LogP contribution in [0, 0.1) is 13.8 Å². The summed E-state index contributed by atoms with van der Waals surface area (Å²) < 4.78 is 5.11. The summed E-state index contributed by atoms with van der Waals surface area (Å²) in [4.78, 5) is 11.9. The van der Waals surface area contributed by atoms with E-state index in [0.29, 0.717) is 6.42 Å². The molecule has 100 valence electrons. The number of nitrogens with zero attached hydrogens (tertiary/aromatic N) is 1. The number of aromatic nitrogens is 1. The second-order valence-corrected chi connectivity index (χ2v) is 5.42. The maximum absolute atomic E-state index is 11.9. The number of carbonyl (C=O) groups is 1. The highest BCUT2D eigenvalue weighted by atomic mass is 16.5. The highest BCUT2D eigenvalue weighted by molar-refractivity contribution is 5.78. The van der Waals surface area contributed by atoms with Gasteiger partial charge >= 0.3 is 0 Å². The number of carbonyl (C=O) groups excluding carboxylic acids is 1. The summed E-state index contributed by atoms with van der Waals surface area (Å²) in [6, 6.07) is -0.0903. The zero-order valence-electron chi connectivity index (χ0n) is 11.2. The minimum absolute atomic E-state index is 0.00435. The third kappa shape index (κ3) is 2.56. The summed E-state index contributed by atoms with van der Waals surface area (Å²) >= 11 is 0. The fraction of sp³-hybridized carbons (Fsp3) is 0.692. The van der Waals surface area contributed by atoms with Crippen LogP contribution in [0.2, 0.25) is 0 Å². The SMILES string of the molecule is Cc1noc(C)c1C(C)NC(=O)CC1(N)CCC1. The van der Waals surface area contributed by atoms with Gasteiger partial charge in [0, 0.05) is 17.5 Å². The Morgan fingerprint density at radius 2 is 2.22 bits per heavy atom. The molecule has 1 amide bonds. The first-order valence-electron chi connectivity index (χ1n) is 6.42. The van der Waals surface area contributed by atoms with Gasteiger partial charge in [0.15, 0.2) is 0 Å². The van der Waals surface area contributed by atoms with Crippen molar-refractivity contribution in [1.29, 1.82) is 0 Å². The average molecular weight is 251 g/mol. The minimum Gasteiger partial charge on any atom is -0.361 e. The van der Waals surface area contributed by atoms with Crippen molar-refractivity contribution in [3.8, 4) is 0 Å². The van der Waals surface area contributed by atoms with Crippen molar-refractivity contribution in [2.75, 3.05) is 0 Å². The van der Waals surface area contributed by atoms with Gasteiger partial charge in [-0.2, -0.15) is 0 Å². The van der Waals surface area contributed by atoms with Crippen molar-refractivity contribution in [3.05, 3.63) is 17.0 Å². The van der Waals surface area contributed by atoms with Crippen LogP contribution in [0.5, 0.6) is 0 Å². The highest BCUT2D eigenvalue weighted by Gasteiger charge is 2.35. The van der Waals surface area contributed by atoms with E-state index in [1.165, 1.54) is 0 Å². The number of rotatable bonds is 4. The van der Waals surface area contributed by atoms with Crippen molar-refractivity contribution < 1.29 is 9.32 Å². The van der Waals surface area contributed by atoms with E-state index in [9.17, 15) is 4.79 Å². The number of hydrogen-bond acceptors (Lipinski definition) is 4. The Hall–Kier alpha value is -1.36. The molecule has 1 heterocycles.